The Morgan fingerprint density at radius 3 is 1.86 bits per heavy atom. The zero-order valence-corrected chi connectivity index (χ0v) is 13.7. The smallest absolute Gasteiger partial charge is 0.319 e. The quantitative estimate of drug-likeness (QED) is 0.650. The predicted molar refractivity (Wildman–Crippen MR) is 77.6 cm³/mol. The van der Waals surface area contributed by atoms with Crippen molar-refractivity contribution in [1.82, 2.24) is 10.2 Å². The number of nitrogens with zero attached hydrogens (tertiary/aromatic N) is 1. The summed E-state index contributed by atoms with van der Waals surface area (Å²) in [7, 11) is 2.51. The third kappa shape index (κ3) is 7.08. The minimum absolute atomic E-state index is 0.160. The van der Waals surface area contributed by atoms with Gasteiger partial charge in [0, 0.05) is 5.54 Å². The van der Waals surface area contributed by atoms with Gasteiger partial charge in [-0.1, -0.05) is 6.92 Å². The third-order valence-corrected chi connectivity index (χ3v) is 3.39. The molecule has 0 aliphatic carbocycles. The van der Waals surface area contributed by atoms with E-state index < -0.39 is 18.0 Å². The van der Waals surface area contributed by atoms with E-state index >= 15 is 0 Å². The highest BCUT2D eigenvalue weighted by Crippen LogP contribution is 2.09. The standard InChI is InChI=1S/C14H26N2O5/c1-7-14(3,4)15-13(19)10(2)16(8-11(17)20-5)9-12(18)21-6/h10H,7-9H2,1-6H3,(H,15,19). The SMILES string of the molecule is CCC(C)(C)NC(=O)C(C)N(CC(=O)OC)CC(=O)OC. The Hall–Kier alpha value is -1.63. The maximum Gasteiger partial charge on any atom is 0.319 e. The Balaban J connectivity index is 4.91. The average molecular weight is 302 g/mol. The molecule has 0 aromatic carbocycles. The fourth-order valence-electron chi connectivity index (χ4n) is 1.48. The van der Waals surface area contributed by atoms with Crippen LogP contribution in [-0.2, 0) is 23.9 Å². The van der Waals surface area contributed by atoms with Crippen LogP contribution in [0.4, 0.5) is 0 Å². The summed E-state index contributed by atoms with van der Waals surface area (Å²) in [5.74, 6) is -1.30. The molecule has 0 saturated heterocycles. The summed E-state index contributed by atoms with van der Waals surface area (Å²) in [6, 6.07) is -0.658. The summed E-state index contributed by atoms with van der Waals surface area (Å²) < 4.78 is 9.17. The van der Waals surface area contributed by atoms with Crippen LogP contribution in [0.25, 0.3) is 0 Å². The van der Waals surface area contributed by atoms with Crippen molar-refractivity contribution in [2.75, 3.05) is 27.3 Å². The Morgan fingerprint density at radius 1 is 1.10 bits per heavy atom. The minimum Gasteiger partial charge on any atom is -0.468 e. The molecule has 1 atom stereocenters. The van der Waals surface area contributed by atoms with Gasteiger partial charge in [0.15, 0.2) is 0 Å². The van der Waals surface area contributed by atoms with E-state index in [0.717, 1.165) is 6.42 Å². The van der Waals surface area contributed by atoms with Crippen LogP contribution in [0.2, 0.25) is 0 Å². The number of hydrogen-bond donors (Lipinski definition) is 1. The number of amides is 1. The van der Waals surface area contributed by atoms with Crippen LogP contribution in [0.5, 0.6) is 0 Å². The summed E-state index contributed by atoms with van der Waals surface area (Å²) >= 11 is 0. The lowest BCUT2D eigenvalue weighted by atomic mass is 10.0. The Labute approximate surface area is 126 Å². The summed E-state index contributed by atoms with van der Waals surface area (Å²) in [5, 5.41) is 2.88. The fourth-order valence-corrected chi connectivity index (χ4v) is 1.48. The first-order valence-electron chi connectivity index (χ1n) is 6.86. The first-order valence-corrected chi connectivity index (χ1v) is 6.86. The van der Waals surface area contributed by atoms with Gasteiger partial charge in [-0.2, -0.15) is 0 Å². The molecule has 1 amide bonds. The molecule has 1 N–H and O–H groups in total. The predicted octanol–water partition coefficient (Wildman–Crippen LogP) is 0.328. The summed E-state index contributed by atoms with van der Waals surface area (Å²) in [4.78, 5) is 36.5. The normalized spacial score (nSPS) is 12.7. The van der Waals surface area contributed by atoms with E-state index in [1.54, 1.807) is 6.92 Å². The molecule has 0 aromatic heterocycles. The lowest BCUT2D eigenvalue weighted by molar-refractivity contribution is -0.147. The third-order valence-electron chi connectivity index (χ3n) is 3.39. The van der Waals surface area contributed by atoms with Gasteiger partial charge in [0.25, 0.3) is 0 Å². The van der Waals surface area contributed by atoms with Crippen LogP contribution in [-0.4, -0.2) is 61.6 Å². The molecule has 0 radical (unpaired) electrons. The fraction of sp³-hybridized carbons (Fsp3) is 0.786. The van der Waals surface area contributed by atoms with Crippen LogP contribution < -0.4 is 5.32 Å². The summed E-state index contributed by atoms with van der Waals surface area (Å²) in [6.45, 7) is 7.09. The summed E-state index contributed by atoms with van der Waals surface area (Å²) in [5.41, 5.74) is -0.354. The maximum atomic E-state index is 12.2. The number of rotatable bonds is 8. The van der Waals surface area contributed by atoms with E-state index in [4.69, 9.17) is 0 Å². The van der Waals surface area contributed by atoms with Gasteiger partial charge >= 0.3 is 11.9 Å². The average Bonchev–Trinajstić information content (AvgIpc) is 2.44. The van der Waals surface area contributed by atoms with Crippen molar-refractivity contribution >= 4 is 17.8 Å². The van der Waals surface area contributed by atoms with Crippen molar-refractivity contribution < 1.29 is 23.9 Å². The monoisotopic (exact) mass is 302 g/mol. The first-order chi connectivity index (χ1) is 9.66. The van der Waals surface area contributed by atoms with Gasteiger partial charge in [0.1, 0.15) is 0 Å². The van der Waals surface area contributed by atoms with Crippen LogP contribution in [0.1, 0.15) is 34.1 Å². The number of carbonyl (C=O) groups excluding carboxylic acids is 3. The number of esters is 2. The second-order valence-corrected chi connectivity index (χ2v) is 5.46. The van der Waals surface area contributed by atoms with Gasteiger partial charge in [0.2, 0.25) is 5.91 Å². The highest BCUT2D eigenvalue weighted by atomic mass is 16.5. The van der Waals surface area contributed by atoms with Crippen LogP contribution in [0.15, 0.2) is 0 Å². The van der Waals surface area contributed by atoms with E-state index in [1.165, 1.54) is 19.1 Å². The number of methoxy groups -OCH3 is 2. The van der Waals surface area contributed by atoms with E-state index in [0.29, 0.717) is 0 Å². The second-order valence-electron chi connectivity index (χ2n) is 5.46. The zero-order chi connectivity index (χ0) is 16.6. The van der Waals surface area contributed by atoms with Gasteiger partial charge < -0.3 is 14.8 Å². The highest BCUT2D eigenvalue weighted by molar-refractivity contribution is 5.84. The molecule has 7 nitrogen and oxygen atoms in total. The molecule has 1 unspecified atom stereocenters. The molecule has 0 rings (SSSR count). The molecule has 0 fully saturated rings. The molecule has 21 heavy (non-hydrogen) atoms. The molecule has 0 aromatic rings. The molecule has 0 saturated carbocycles. The van der Waals surface area contributed by atoms with E-state index in [1.807, 2.05) is 20.8 Å². The number of hydrogen-bond acceptors (Lipinski definition) is 6. The second kappa shape index (κ2) is 8.61. The maximum absolute atomic E-state index is 12.2. The van der Waals surface area contributed by atoms with Crippen molar-refractivity contribution in [3.8, 4) is 0 Å². The van der Waals surface area contributed by atoms with Crippen LogP contribution in [0, 0.1) is 0 Å². The molecular weight excluding hydrogens is 276 g/mol. The molecule has 0 bridgehead atoms. The topological polar surface area (TPSA) is 84.9 Å². The lowest BCUT2D eigenvalue weighted by Gasteiger charge is -2.31. The lowest BCUT2D eigenvalue weighted by Crippen LogP contribution is -2.54. The van der Waals surface area contributed by atoms with Crippen molar-refractivity contribution in [1.29, 1.82) is 0 Å². The van der Waals surface area contributed by atoms with Gasteiger partial charge in [-0.25, -0.2) is 0 Å². The molecule has 0 heterocycles. The molecule has 0 spiro atoms. The molecule has 0 aliphatic rings. The summed E-state index contributed by atoms with van der Waals surface area (Å²) in [6.07, 6.45) is 0.763. The van der Waals surface area contributed by atoms with E-state index in [-0.39, 0.29) is 24.5 Å². The van der Waals surface area contributed by atoms with Crippen LogP contribution in [0.3, 0.4) is 0 Å². The Bertz CT molecular complexity index is 364. The Morgan fingerprint density at radius 2 is 1.52 bits per heavy atom. The van der Waals surface area contributed by atoms with Gasteiger partial charge in [-0.3, -0.25) is 19.3 Å². The van der Waals surface area contributed by atoms with Crippen LogP contribution >= 0.6 is 0 Å². The van der Waals surface area contributed by atoms with Crippen molar-refractivity contribution in [2.24, 2.45) is 0 Å². The largest absolute Gasteiger partial charge is 0.468 e. The molecule has 122 valence electrons. The van der Waals surface area contributed by atoms with Crippen molar-refractivity contribution in [3.05, 3.63) is 0 Å². The number of nitrogens with one attached hydrogen (secondary N) is 1. The number of carbonyl (C=O) groups is 3. The minimum atomic E-state index is -0.658. The Kier molecular flexibility index (Phi) is 7.94. The highest BCUT2D eigenvalue weighted by Gasteiger charge is 2.29. The molecule has 7 heteroatoms. The first kappa shape index (κ1) is 19.4. The van der Waals surface area contributed by atoms with Crippen molar-refractivity contribution in [2.45, 2.75) is 45.7 Å². The number of ether oxygens (including phenoxy) is 2. The molecular formula is C14H26N2O5. The zero-order valence-electron chi connectivity index (χ0n) is 13.7. The van der Waals surface area contributed by atoms with Gasteiger partial charge in [-0.15, -0.1) is 0 Å². The van der Waals surface area contributed by atoms with Crippen molar-refractivity contribution in [3.63, 3.8) is 0 Å². The molecule has 0 aliphatic heterocycles. The van der Waals surface area contributed by atoms with E-state index in [2.05, 4.69) is 14.8 Å². The van der Waals surface area contributed by atoms with E-state index in [9.17, 15) is 14.4 Å². The van der Waals surface area contributed by atoms with Gasteiger partial charge in [-0.05, 0) is 27.2 Å². The van der Waals surface area contributed by atoms with Gasteiger partial charge in [0.05, 0.1) is 33.4 Å².